The van der Waals surface area contributed by atoms with Crippen LogP contribution < -0.4 is 0 Å². The third-order valence-corrected chi connectivity index (χ3v) is 9.21. The summed E-state index contributed by atoms with van der Waals surface area (Å²) in [6, 6.07) is 58.2. The molecule has 7 nitrogen and oxygen atoms in total. The number of fused-ring (bicyclic) bond motifs is 1. The van der Waals surface area contributed by atoms with Crippen molar-refractivity contribution in [2.45, 2.75) is 0 Å². The van der Waals surface area contributed by atoms with E-state index >= 15 is 0 Å². The highest BCUT2D eigenvalue weighted by Gasteiger charge is 2.16. The van der Waals surface area contributed by atoms with Crippen LogP contribution in [0.15, 0.2) is 176 Å². The summed E-state index contributed by atoms with van der Waals surface area (Å²) in [7, 11) is 0. The number of benzene rings is 7. The normalized spacial score (nSPS) is 10.9. The number of hydrogen-bond acceptors (Lipinski definition) is 6. The predicted octanol–water partition coefficient (Wildman–Crippen LogP) is 11.4. The monoisotopic (exact) mass is 691 g/mol. The maximum atomic E-state index is 7.80. The Balaban J connectivity index is 1.10. The summed E-state index contributed by atoms with van der Waals surface area (Å²) in [6.45, 7) is 7.80. The largest absolute Gasteiger partial charge is 0.237 e. The zero-order valence-corrected chi connectivity index (χ0v) is 28.9. The summed E-state index contributed by atoms with van der Waals surface area (Å²) in [5.74, 6) is 3.35. The average molecular weight is 692 g/mol. The highest BCUT2D eigenvalue weighted by atomic mass is 15.0. The molecular weight excluding hydrogens is 663 g/mol. The van der Waals surface area contributed by atoms with Crippen LogP contribution in [0.3, 0.4) is 0 Å². The molecule has 0 aliphatic heterocycles. The maximum absolute atomic E-state index is 7.80. The van der Waals surface area contributed by atoms with Crippen LogP contribution in [-0.4, -0.2) is 29.9 Å². The first kappa shape index (κ1) is 32.2. The summed E-state index contributed by atoms with van der Waals surface area (Å²) in [6.07, 6.45) is 0. The van der Waals surface area contributed by atoms with Crippen molar-refractivity contribution < 1.29 is 0 Å². The van der Waals surface area contributed by atoms with Crippen LogP contribution in [0.2, 0.25) is 0 Å². The van der Waals surface area contributed by atoms with Crippen LogP contribution >= 0.6 is 0 Å². The van der Waals surface area contributed by atoms with E-state index in [0.29, 0.717) is 46.2 Å². The summed E-state index contributed by atoms with van der Waals surface area (Å²) in [5.41, 5.74) is 7.60. The molecule has 2 heterocycles. The van der Waals surface area contributed by atoms with Crippen LogP contribution in [0.1, 0.15) is 0 Å². The lowest BCUT2D eigenvalue weighted by Gasteiger charge is -2.11. The number of para-hydroxylation sites is 1. The lowest BCUT2D eigenvalue weighted by Crippen LogP contribution is -2.00. The molecule has 0 aliphatic carbocycles. The van der Waals surface area contributed by atoms with Gasteiger partial charge in [-0.2, -0.15) is 0 Å². The van der Waals surface area contributed by atoms with Crippen LogP contribution in [-0.2, 0) is 0 Å². The molecule has 7 aromatic carbocycles. The molecule has 0 saturated heterocycles. The fourth-order valence-corrected chi connectivity index (χ4v) is 6.43. The second kappa shape index (κ2) is 14.1. The summed E-state index contributed by atoms with van der Waals surface area (Å²) >= 11 is 0. The van der Waals surface area contributed by atoms with E-state index in [4.69, 9.17) is 36.5 Å². The first-order valence-electron chi connectivity index (χ1n) is 17.5. The van der Waals surface area contributed by atoms with E-state index in [9.17, 15) is 0 Å². The van der Waals surface area contributed by atoms with E-state index in [2.05, 4.69) is 53.4 Å². The Kier molecular flexibility index (Phi) is 8.44. The van der Waals surface area contributed by atoms with E-state index in [1.165, 1.54) is 0 Å². The van der Waals surface area contributed by atoms with Crippen molar-refractivity contribution in [2.24, 2.45) is 0 Å². The average Bonchev–Trinajstić information content (AvgIpc) is 3.26. The van der Waals surface area contributed by atoms with Crippen LogP contribution in [0.5, 0.6) is 0 Å². The van der Waals surface area contributed by atoms with Crippen molar-refractivity contribution in [1.29, 1.82) is 0 Å². The molecule has 0 amide bonds. The Bertz CT molecular complexity index is 2770. The lowest BCUT2D eigenvalue weighted by atomic mass is 10.0. The highest BCUT2D eigenvalue weighted by Crippen LogP contribution is 2.33. The second-order valence-electron chi connectivity index (χ2n) is 12.7. The molecule has 9 rings (SSSR count). The van der Waals surface area contributed by atoms with Crippen LogP contribution in [0.4, 0.5) is 5.69 Å². The Labute approximate surface area is 312 Å². The van der Waals surface area contributed by atoms with Gasteiger partial charge in [0, 0.05) is 33.4 Å². The van der Waals surface area contributed by atoms with Gasteiger partial charge in [0.2, 0.25) is 0 Å². The molecule has 9 aromatic rings. The Morgan fingerprint density at radius 3 is 1.35 bits per heavy atom. The van der Waals surface area contributed by atoms with Gasteiger partial charge in [0.05, 0.1) is 6.57 Å². The standard InChI is InChI=1S/C47H29N7/c1-48-41-22-11-10-21-40(41)47-53-45(52-46(54-47)39-28-25-31-13-8-9-18-36(31)30-39)38-20-12-19-37(29-38)32-23-26-35(27-24-32)44-50-42(33-14-4-2-5-15-33)49-43(51-44)34-16-6-3-7-17-34/h2-30H. The molecule has 0 aliphatic rings. The molecule has 0 bridgehead atoms. The third kappa shape index (κ3) is 6.47. The first-order valence-corrected chi connectivity index (χ1v) is 17.5. The maximum Gasteiger partial charge on any atom is 0.198 e. The van der Waals surface area contributed by atoms with E-state index in [1.807, 2.05) is 121 Å². The predicted molar refractivity (Wildman–Crippen MR) is 215 cm³/mol. The molecule has 0 saturated carbocycles. The quantitative estimate of drug-likeness (QED) is 0.155. The summed E-state index contributed by atoms with van der Waals surface area (Å²) in [5, 5.41) is 2.23. The van der Waals surface area contributed by atoms with Gasteiger partial charge in [-0.05, 0) is 34.0 Å². The van der Waals surface area contributed by atoms with Crippen LogP contribution in [0, 0.1) is 6.57 Å². The molecule has 0 unspecified atom stereocenters. The van der Waals surface area contributed by atoms with E-state index in [1.54, 1.807) is 6.07 Å². The molecule has 252 valence electrons. The number of aromatic nitrogens is 6. The fraction of sp³-hybridized carbons (Fsp3) is 0. The molecule has 0 spiro atoms. The van der Waals surface area contributed by atoms with Crippen molar-refractivity contribution >= 4 is 16.5 Å². The van der Waals surface area contributed by atoms with Gasteiger partial charge in [0.1, 0.15) is 0 Å². The molecular formula is C47H29N7. The summed E-state index contributed by atoms with van der Waals surface area (Å²) < 4.78 is 0. The highest BCUT2D eigenvalue weighted by molar-refractivity contribution is 5.87. The van der Waals surface area contributed by atoms with Crippen molar-refractivity contribution in [3.8, 4) is 79.5 Å². The third-order valence-electron chi connectivity index (χ3n) is 9.21. The number of hydrogen-bond donors (Lipinski definition) is 0. The van der Waals surface area contributed by atoms with Gasteiger partial charge in [-0.15, -0.1) is 0 Å². The van der Waals surface area contributed by atoms with Crippen molar-refractivity contribution in [3.63, 3.8) is 0 Å². The Hall–Kier alpha value is -7.69. The minimum Gasteiger partial charge on any atom is -0.237 e. The minimum absolute atomic E-state index is 0.451. The second-order valence-corrected chi connectivity index (χ2v) is 12.7. The molecule has 0 radical (unpaired) electrons. The molecule has 7 heteroatoms. The van der Waals surface area contributed by atoms with Gasteiger partial charge >= 0.3 is 0 Å². The van der Waals surface area contributed by atoms with Gasteiger partial charge in [0.15, 0.2) is 40.6 Å². The smallest absolute Gasteiger partial charge is 0.198 e. The van der Waals surface area contributed by atoms with E-state index in [0.717, 1.165) is 49.7 Å². The van der Waals surface area contributed by atoms with Gasteiger partial charge < -0.3 is 0 Å². The van der Waals surface area contributed by atoms with Gasteiger partial charge in [-0.3, -0.25) is 0 Å². The van der Waals surface area contributed by atoms with Crippen molar-refractivity contribution in [3.05, 3.63) is 187 Å². The minimum atomic E-state index is 0.451. The van der Waals surface area contributed by atoms with Gasteiger partial charge in [-0.1, -0.05) is 164 Å². The van der Waals surface area contributed by atoms with Crippen molar-refractivity contribution in [1.82, 2.24) is 29.9 Å². The van der Waals surface area contributed by atoms with E-state index in [-0.39, 0.29) is 0 Å². The zero-order valence-electron chi connectivity index (χ0n) is 28.9. The number of nitrogens with zero attached hydrogens (tertiary/aromatic N) is 7. The van der Waals surface area contributed by atoms with Crippen LogP contribution in [0.25, 0.3) is 95.1 Å². The zero-order chi connectivity index (χ0) is 36.3. The van der Waals surface area contributed by atoms with Gasteiger partial charge in [0.25, 0.3) is 0 Å². The summed E-state index contributed by atoms with van der Waals surface area (Å²) in [4.78, 5) is 33.2. The van der Waals surface area contributed by atoms with Crippen molar-refractivity contribution in [2.75, 3.05) is 0 Å². The molecule has 0 N–H and O–H groups in total. The SMILES string of the molecule is [C-]#[N+]c1ccccc1-c1nc(-c2cccc(-c3ccc(-c4nc(-c5ccccc5)nc(-c5ccccc5)n4)cc3)c2)nc(-c2ccc3ccccc3c2)n1. The molecule has 2 aromatic heterocycles. The topological polar surface area (TPSA) is 81.7 Å². The first-order chi connectivity index (χ1) is 26.7. The molecule has 0 fully saturated rings. The van der Waals surface area contributed by atoms with Gasteiger partial charge in [-0.25, -0.2) is 34.7 Å². The lowest BCUT2D eigenvalue weighted by molar-refractivity contribution is 1.07. The number of rotatable bonds is 7. The molecule has 54 heavy (non-hydrogen) atoms. The molecule has 0 atom stereocenters. The Morgan fingerprint density at radius 2 is 0.722 bits per heavy atom. The van der Waals surface area contributed by atoms with E-state index < -0.39 is 0 Å². The Morgan fingerprint density at radius 1 is 0.296 bits per heavy atom. The fourth-order valence-electron chi connectivity index (χ4n) is 6.43.